The molecular weight excluding hydrogens is 853 g/mol. The number of ketones is 1. The normalized spacial score (nSPS) is 15.8. The number of carbonyl (C=O) groups excluding carboxylic acids is 5. The van der Waals surface area contributed by atoms with Crippen LogP contribution in [0.15, 0.2) is 80.3 Å². The van der Waals surface area contributed by atoms with Crippen LogP contribution in [0, 0.1) is 11.6 Å². The van der Waals surface area contributed by atoms with Crippen LogP contribution in [0.2, 0.25) is 0 Å². The standard InChI is InChI=1S/C43H47F2N3O12S2/c1-29(49)28-59-23-22-57-19-18-56-20-21-58-24-25-60-37-35(44)26-32(27-36(37)45)48-42(52)38(61-33-6-2-30(3-7-33)40(50)46-10-14-54-15-11-46)39(43(48)53)62-34-8-4-31(5-9-34)41(51)47-12-16-55-17-13-47/h2-9,26-27H,10-25,28H2,1H3. The van der Waals surface area contributed by atoms with Crippen molar-refractivity contribution in [1.82, 2.24) is 9.80 Å². The van der Waals surface area contributed by atoms with E-state index in [2.05, 4.69) is 0 Å². The molecule has 6 rings (SSSR count). The highest BCUT2D eigenvalue weighted by Crippen LogP contribution is 2.44. The number of anilines is 1. The number of Topliss-reactive ketones (excluding diaryl/α,β-unsaturated/α-hetero) is 1. The predicted octanol–water partition coefficient (Wildman–Crippen LogP) is 4.61. The average Bonchev–Trinajstić information content (AvgIpc) is 3.51. The smallest absolute Gasteiger partial charge is 0.273 e. The van der Waals surface area contributed by atoms with Crippen LogP contribution in [0.4, 0.5) is 14.5 Å². The number of hydrogen-bond donors (Lipinski definition) is 0. The molecule has 3 heterocycles. The maximum atomic E-state index is 15.5. The first-order chi connectivity index (χ1) is 30.1. The molecule has 332 valence electrons. The molecule has 4 amide bonds. The number of morpholine rings is 2. The van der Waals surface area contributed by atoms with Gasteiger partial charge >= 0.3 is 0 Å². The Morgan fingerprint density at radius 2 is 0.984 bits per heavy atom. The molecule has 62 heavy (non-hydrogen) atoms. The molecule has 0 radical (unpaired) electrons. The van der Waals surface area contributed by atoms with E-state index in [9.17, 15) is 24.0 Å². The lowest BCUT2D eigenvalue weighted by Gasteiger charge is -2.26. The Morgan fingerprint density at radius 3 is 1.39 bits per heavy atom. The lowest BCUT2D eigenvalue weighted by Crippen LogP contribution is -2.40. The van der Waals surface area contributed by atoms with Crippen LogP contribution in [-0.4, -0.2) is 151 Å². The number of benzene rings is 3. The van der Waals surface area contributed by atoms with Crippen LogP contribution in [0.3, 0.4) is 0 Å². The lowest BCUT2D eigenvalue weighted by molar-refractivity contribution is -0.122. The highest BCUT2D eigenvalue weighted by molar-refractivity contribution is 8.08. The van der Waals surface area contributed by atoms with Crippen LogP contribution < -0.4 is 9.64 Å². The van der Waals surface area contributed by atoms with E-state index in [1.165, 1.54) is 6.92 Å². The molecule has 0 saturated carbocycles. The number of halogens is 2. The minimum atomic E-state index is -1.13. The van der Waals surface area contributed by atoms with Crippen molar-refractivity contribution < 1.29 is 65.9 Å². The first kappa shape index (κ1) is 46.8. The summed E-state index contributed by atoms with van der Waals surface area (Å²) in [5.41, 5.74) is 0.550. The van der Waals surface area contributed by atoms with Crippen LogP contribution in [0.5, 0.6) is 5.75 Å². The second-order valence-electron chi connectivity index (χ2n) is 13.8. The van der Waals surface area contributed by atoms with Crippen LogP contribution >= 0.6 is 23.5 Å². The summed E-state index contributed by atoms with van der Waals surface area (Å²) in [4.78, 5) is 70.4. The summed E-state index contributed by atoms with van der Waals surface area (Å²) in [5, 5.41) is 0. The number of carbonyl (C=O) groups is 5. The van der Waals surface area contributed by atoms with Gasteiger partial charge in [-0.15, -0.1) is 0 Å². The minimum absolute atomic E-state index is 0.00581. The molecule has 19 heteroatoms. The topological polar surface area (TPSA) is 160 Å². The van der Waals surface area contributed by atoms with E-state index in [1.54, 1.807) is 58.3 Å². The summed E-state index contributed by atoms with van der Waals surface area (Å²) in [6, 6.07) is 14.9. The van der Waals surface area contributed by atoms with E-state index in [-0.39, 0.29) is 66.1 Å². The quantitative estimate of drug-likeness (QED) is 0.102. The largest absolute Gasteiger partial charge is 0.485 e. The van der Waals surface area contributed by atoms with E-state index in [4.69, 9.17) is 33.2 Å². The lowest BCUT2D eigenvalue weighted by atomic mass is 10.2. The Morgan fingerprint density at radius 1 is 0.597 bits per heavy atom. The molecule has 2 saturated heterocycles. The van der Waals surface area contributed by atoms with Crippen molar-refractivity contribution in [3.05, 3.63) is 93.2 Å². The maximum Gasteiger partial charge on any atom is 0.273 e. The Balaban J connectivity index is 1.08. The molecule has 3 aliphatic rings. The molecule has 0 aromatic heterocycles. The van der Waals surface area contributed by atoms with Crippen molar-refractivity contribution >= 4 is 58.6 Å². The van der Waals surface area contributed by atoms with Crippen molar-refractivity contribution in [1.29, 1.82) is 0 Å². The van der Waals surface area contributed by atoms with Crippen LogP contribution in [0.1, 0.15) is 27.6 Å². The summed E-state index contributed by atoms with van der Waals surface area (Å²) in [6.07, 6.45) is 0. The Kier molecular flexibility index (Phi) is 17.8. The van der Waals surface area contributed by atoms with Gasteiger partial charge < -0.3 is 43.0 Å². The molecule has 2 fully saturated rings. The van der Waals surface area contributed by atoms with Crippen LogP contribution in [0.25, 0.3) is 0 Å². The molecule has 0 N–H and O–H groups in total. The maximum absolute atomic E-state index is 15.5. The van der Waals surface area contributed by atoms with Gasteiger partial charge in [-0.1, -0.05) is 23.5 Å². The molecule has 3 aromatic rings. The Bertz CT molecular complexity index is 1960. The van der Waals surface area contributed by atoms with Crippen molar-refractivity contribution in [2.75, 3.05) is 117 Å². The van der Waals surface area contributed by atoms with E-state index >= 15 is 8.78 Å². The first-order valence-electron chi connectivity index (χ1n) is 20.0. The fourth-order valence-corrected chi connectivity index (χ4v) is 8.24. The molecular formula is C43H47F2N3O12S2. The average molecular weight is 900 g/mol. The van der Waals surface area contributed by atoms with E-state index in [0.717, 1.165) is 35.7 Å². The number of thioether (sulfide) groups is 2. The van der Waals surface area contributed by atoms with E-state index in [0.29, 0.717) is 105 Å². The minimum Gasteiger partial charge on any atom is -0.485 e. The zero-order valence-corrected chi connectivity index (χ0v) is 35.7. The third-order valence-corrected chi connectivity index (χ3v) is 11.7. The second-order valence-corrected chi connectivity index (χ2v) is 16.0. The van der Waals surface area contributed by atoms with Gasteiger partial charge in [0, 0.05) is 59.2 Å². The molecule has 0 spiro atoms. The highest BCUT2D eigenvalue weighted by atomic mass is 32.2. The number of amides is 4. The van der Waals surface area contributed by atoms with Gasteiger partial charge in [0.25, 0.3) is 23.6 Å². The van der Waals surface area contributed by atoms with Gasteiger partial charge in [-0.05, 0) is 55.5 Å². The van der Waals surface area contributed by atoms with E-state index < -0.39 is 29.2 Å². The predicted molar refractivity (Wildman–Crippen MR) is 223 cm³/mol. The monoisotopic (exact) mass is 899 g/mol. The Labute approximate surface area is 365 Å². The first-order valence-corrected chi connectivity index (χ1v) is 21.6. The summed E-state index contributed by atoms with van der Waals surface area (Å²) >= 11 is 1.97. The fourth-order valence-electron chi connectivity index (χ4n) is 6.26. The Hall–Kier alpha value is -4.73. The molecule has 15 nitrogen and oxygen atoms in total. The zero-order valence-electron chi connectivity index (χ0n) is 34.1. The van der Waals surface area contributed by atoms with Gasteiger partial charge in [0.05, 0.1) is 88.2 Å². The summed E-state index contributed by atoms with van der Waals surface area (Å²) in [6.45, 7) is 6.65. The molecule has 3 aromatic carbocycles. The molecule has 3 aliphatic heterocycles. The highest BCUT2D eigenvalue weighted by Gasteiger charge is 2.41. The second kappa shape index (κ2) is 23.6. The molecule has 0 aliphatic carbocycles. The van der Waals surface area contributed by atoms with Gasteiger partial charge in [0.2, 0.25) is 0 Å². The number of ether oxygens (including phenoxy) is 7. The van der Waals surface area contributed by atoms with Gasteiger partial charge in [-0.25, -0.2) is 13.7 Å². The molecule has 0 unspecified atom stereocenters. The summed E-state index contributed by atoms with van der Waals surface area (Å²) < 4.78 is 68.2. The number of rotatable bonds is 22. The SMILES string of the molecule is CC(=O)COCCOCCOCCOCCOc1c(F)cc(N2C(=O)C(Sc3ccc(C(=O)N4CCOCC4)cc3)=C(Sc3ccc(C(=O)N4CCOCC4)cc3)C2=O)cc1F. The number of imide groups is 1. The summed E-state index contributed by atoms with van der Waals surface area (Å²) in [7, 11) is 0. The van der Waals surface area contributed by atoms with Crippen molar-refractivity contribution in [3.8, 4) is 5.75 Å². The summed E-state index contributed by atoms with van der Waals surface area (Å²) in [5.74, 6) is -4.95. The van der Waals surface area contributed by atoms with Gasteiger partial charge in [0.15, 0.2) is 23.2 Å². The van der Waals surface area contributed by atoms with Crippen molar-refractivity contribution in [2.45, 2.75) is 16.7 Å². The van der Waals surface area contributed by atoms with Gasteiger partial charge in [-0.3, -0.25) is 24.0 Å². The van der Waals surface area contributed by atoms with Crippen molar-refractivity contribution in [2.24, 2.45) is 0 Å². The van der Waals surface area contributed by atoms with Gasteiger partial charge in [-0.2, -0.15) is 0 Å². The zero-order chi connectivity index (χ0) is 43.8. The van der Waals surface area contributed by atoms with Crippen LogP contribution in [-0.2, 0) is 42.8 Å². The molecule has 0 atom stereocenters. The van der Waals surface area contributed by atoms with Crippen molar-refractivity contribution in [3.63, 3.8) is 0 Å². The van der Waals surface area contributed by atoms with E-state index in [1.807, 2.05) is 0 Å². The third-order valence-electron chi connectivity index (χ3n) is 9.38. The van der Waals surface area contributed by atoms with Gasteiger partial charge in [0.1, 0.15) is 13.2 Å². The fraction of sp³-hybridized carbons (Fsp3) is 0.419. The number of nitrogens with zero attached hydrogens (tertiary/aromatic N) is 3. The third kappa shape index (κ3) is 12.9. The molecule has 0 bridgehead atoms. The number of hydrogen-bond acceptors (Lipinski definition) is 14.